The topological polar surface area (TPSA) is 269 Å². The summed E-state index contributed by atoms with van der Waals surface area (Å²) >= 11 is 0. The van der Waals surface area contributed by atoms with Gasteiger partial charge in [0.15, 0.2) is 0 Å². The zero-order valence-corrected chi connectivity index (χ0v) is 43.6. The van der Waals surface area contributed by atoms with Crippen molar-refractivity contribution in [2.45, 2.75) is 117 Å². The second-order valence-corrected chi connectivity index (χ2v) is 19.5. The third kappa shape index (κ3) is 18.1. The second-order valence-electron chi connectivity index (χ2n) is 19.5. The van der Waals surface area contributed by atoms with Gasteiger partial charge < -0.3 is 41.4 Å². The first-order chi connectivity index (χ1) is 35.5. The van der Waals surface area contributed by atoms with E-state index in [1.807, 2.05) is 27.7 Å². The van der Waals surface area contributed by atoms with Gasteiger partial charge in [0.2, 0.25) is 0 Å². The summed E-state index contributed by atoms with van der Waals surface area (Å²) in [6.07, 6.45) is 9.90. The molecule has 0 aromatic carbocycles. The van der Waals surface area contributed by atoms with E-state index in [1.165, 1.54) is 0 Å². The van der Waals surface area contributed by atoms with Crippen LogP contribution in [0.25, 0.3) is 0 Å². The number of nitrogens with zero attached hydrogens (tertiary/aromatic N) is 6. The Bertz CT molecular complexity index is 2320. The lowest BCUT2D eigenvalue weighted by atomic mass is 9.90. The first-order valence-corrected chi connectivity index (χ1v) is 25.4. The molecule has 1 fully saturated rings. The Balaban J connectivity index is 0.000000207. The highest BCUT2D eigenvalue weighted by Gasteiger charge is 2.34. The molecular weight excluding hydrogens is 945 g/mol. The quantitative estimate of drug-likeness (QED) is 0.0788. The summed E-state index contributed by atoms with van der Waals surface area (Å²) in [6.45, 7) is 17.7. The van der Waals surface area contributed by atoms with Crippen molar-refractivity contribution in [3.63, 3.8) is 0 Å². The molecule has 0 bridgehead atoms. The number of carbonyl (C=O) groups excluding carboxylic acids is 6. The van der Waals surface area contributed by atoms with E-state index < -0.39 is 0 Å². The maximum Gasteiger partial charge on any atom is 0.306 e. The van der Waals surface area contributed by atoms with Gasteiger partial charge in [0.1, 0.15) is 36.0 Å². The fourth-order valence-electron chi connectivity index (χ4n) is 7.61. The molecule has 3 aliphatic rings. The molecule has 4 aromatic rings. The van der Waals surface area contributed by atoms with Crippen molar-refractivity contribution in [2.75, 3.05) is 26.3 Å². The van der Waals surface area contributed by atoms with E-state index >= 15 is 0 Å². The Morgan fingerprint density at radius 3 is 1.07 bits per heavy atom. The van der Waals surface area contributed by atoms with E-state index in [0.717, 1.165) is 25.7 Å². The molecule has 0 unspecified atom stereocenters. The highest BCUT2D eigenvalue weighted by Crippen LogP contribution is 2.21. The number of aromatic nitrogens is 4. The number of amides is 6. The van der Waals surface area contributed by atoms with Crippen molar-refractivity contribution in [3.05, 3.63) is 120 Å². The Morgan fingerprint density at radius 1 is 0.473 bits per heavy atom. The summed E-state index contributed by atoms with van der Waals surface area (Å²) in [5.41, 5.74) is 1.42. The van der Waals surface area contributed by atoms with Crippen molar-refractivity contribution in [2.24, 2.45) is 33.7 Å². The summed E-state index contributed by atoms with van der Waals surface area (Å²) in [7, 11) is 0. The molecular formula is C54H72N12O8. The monoisotopic (exact) mass is 1020 g/mol. The van der Waals surface area contributed by atoms with Gasteiger partial charge >= 0.3 is 11.8 Å². The van der Waals surface area contributed by atoms with Crippen LogP contribution in [0.2, 0.25) is 0 Å². The minimum atomic E-state index is -0.302. The van der Waals surface area contributed by atoms with Crippen molar-refractivity contribution in [3.8, 4) is 0 Å². The smallest absolute Gasteiger partial charge is 0.306 e. The van der Waals surface area contributed by atoms with Crippen LogP contribution in [0.1, 0.15) is 123 Å². The first kappa shape index (κ1) is 57.3. The molecule has 6 amide bonds. The highest BCUT2D eigenvalue weighted by molar-refractivity contribution is 6.36. The molecule has 74 heavy (non-hydrogen) atoms. The molecule has 0 spiro atoms. The first-order valence-electron chi connectivity index (χ1n) is 25.4. The fraction of sp³-hybridized carbons (Fsp3) is 0.481. The number of aliphatic imine (C=N–C) groups is 2. The number of ether oxygens (including phenoxy) is 2. The molecule has 4 aromatic heterocycles. The molecule has 6 N–H and O–H groups in total. The average Bonchev–Trinajstić information content (AvgIpc) is 4.13. The van der Waals surface area contributed by atoms with Gasteiger partial charge in [-0.15, -0.1) is 0 Å². The predicted octanol–water partition coefficient (Wildman–Crippen LogP) is 4.76. The van der Waals surface area contributed by atoms with Crippen LogP contribution in [0.5, 0.6) is 0 Å². The number of carbonyl (C=O) groups is 6. The van der Waals surface area contributed by atoms with E-state index in [9.17, 15) is 28.8 Å². The standard InChI is InChI=1S/C20H32N4O4.2C17H20N4O2/c1-11(2)15-9-27-19(23-15)17(25)21-13-7-5-6-8-14(13)22-18(26)20-24-16(10-28-20)12(3)4;2*1-12(2)15(21-17(23)14-8-4-6-10-19-14)11-20-16(22)13-7-3-5-9-18-13/h11-16H,5-10H2,1-4H3,(H,21,25)(H,22,26);2*3-10,12,15H,11H2,1-2H3,(H,20,22)(H,21,23)/t13-,14-,15+,16+;2*15-/m010/s1. The van der Waals surface area contributed by atoms with Gasteiger partial charge in [0.25, 0.3) is 35.4 Å². The Morgan fingerprint density at radius 2 is 0.797 bits per heavy atom. The van der Waals surface area contributed by atoms with Crippen LogP contribution >= 0.6 is 0 Å². The molecule has 1 saturated carbocycles. The Labute approximate surface area is 433 Å². The van der Waals surface area contributed by atoms with E-state index in [2.05, 4.69) is 89.5 Å². The lowest BCUT2D eigenvalue weighted by Gasteiger charge is -2.32. The van der Waals surface area contributed by atoms with E-state index in [0.29, 0.717) is 60.9 Å². The summed E-state index contributed by atoms with van der Waals surface area (Å²) in [4.78, 5) is 98.3. The van der Waals surface area contributed by atoms with E-state index in [1.54, 1.807) is 97.6 Å². The zero-order chi connectivity index (χ0) is 53.6. The minimum Gasteiger partial charge on any atom is -0.472 e. The van der Waals surface area contributed by atoms with Crippen molar-refractivity contribution in [1.82, 2.24) is 51.8 Å². The van der Waals surface area contributed by atoms with Gasteiger partial charge in [-0.1, -0.05) is 92.5 Å². The van der Waals surface area contributed by atoms with Crippen LogP contribution in [0.4, 0.5) is 0 Å². The van der Waals surface area contributed by atoms with Crippen LogP contribution in [0.15, 0.2) is 108 Å². The largest absolute Gasteiger partial charge is 0.472 e. The van der Waals surface area contributed by atoms with Crippen LogP contribution < -0.4 is 31.9 Å². The SMILES string of the molecule is CC(C)[C@@H](CNC(=O)c1ccccn1)NC(=O)c1ccccn1.CC(C)[C@H](CNC(=O)c1ccccn1)NC(=O)c1ccccn1.CC(C)[C@H]1COC(C(=O)N[C@H]2CCCC[C@@H]2NC(=O)C2=N[C@@H](C(C)C)CO2)=N1. The molecule has 7 rings (SSSR count). The van der Waals surface area contributed by atoms with Gasteiger partial charge in [0.05, 0.1) is 12.1 Å². The number of hydrogen-bond donors (Lipinski definition) is 6. The molecule has 0 radical (unpaired) electrons. The summed E-state index contributed by atoms with van der Waals surface area (Å²) in [5, 5.41) is 17.4. The lowest BCUT2D eigenvalue weighted by Crippen LogP contribution is -2.55. The predicted molar refractivity (Wildman–Crippen MR) is 280 cm³/mol. The highest BCUT2D eigenvalue weighted by atomic mass is 16.5. The molecule has 0 saturated heterocycles. The summed E-state index contributed by atoms with van der Waals surface area (Å²) in [5.74, 6) is -0.358. The Hall–Kier alpha value is -7.64. The van der Waals surface area contributed by atoms with Crippen molar-refractivity contribution in [1.29, 1.82) is 0 Å². The average molecular weight is 1020 g/mol. The molecule has 20 heteroatoms. The van der Waals surface area contributed by atoms with Crippen LogP contribution in [0.3, 0.4) is 0 Å². The number of nitrogens with one attached hydrogen (secondary N) is 6. The third-order valence-corrected chi connectivity index (χ3v) is 12.5. The number of pyridine rings is 4. The van der Waals surface area contributed by atoms with Gasteiger partial charge in [-0.05, 0) is 85.0 Å². The molecule has 1 aliphatic carbocycles. The zero-order valence-electron chi connectivity index (χ0n) is 43.6. The fourth-order valence-corrected chi connectivity index (χ4v) is 7.61. The summed E-state index contributed by atoms with van der Waals surface area (Å²) in [6, 6.07) is 20.0. The molecule has 2 aliphatic heterocycles. The van der Waals surface area contributed by atoms with Crippen LogP contribution in [-0.2, 0) is 19.1 Å². The maximum absolute atomic E-state index is 12.6. The van der Waals surface area contributed by atoms with E-state index in [4.69, 9.17) is 9.47 Å². The van der Waals surface area contributed by atoms with Gasteiger partial charge in [-0.2, -0.15) is 0 Å². The third-order valence-electron chi connectivity index (χ3n) is 12.5. The number of hydrogen-bond acceptors (Lipinski definition) is 14. The molecule has 6 atom stereocenters. The van der Waals surface area contributed by atoms with Crippen LogP contribution in [0, 0.1) is 23.7 Å². The summed E-state index contributed by atoms with van der Waals surface area (Å²) < 4.78 is 10.9. The van der Waals surface area contributed by atoms with Crippen LogP contribution in [-0.4, -0.2) is 130 Å². The van der Waals surface area contributed by atoms with Gasteiger partial charge in [0, 0.05) is 62.0 Å². The lowest BCUT2D eigenvalue weighted by molar-refractivity contribution is -0.119. The minimum absolute atomic E-state index is 0.0223. The molecule has 20 nitrogen and oxygen atoms in total. The van der Waals surface area contributed by atoms with E-state index in [-0.39, 0.29) is 95.3 Å². The Kier molecular flexibility index (Phi) is 22.6. The maximum atomic E-state index is 12.6. The number of rotatable bonds is 18. The molecule has 6 heterocycles. The van der Waals surface area contributed by atoms with Gasteiger partial charge in [-0.3, -0.25) is 48.7 Å². The normalized spacial score (nSPS) is 18.6. The molecule has 396 valence electrons. The van der Waals surface area contributed by atoms with Gasteiger partial charge in [-0.25, -0.2) is 9.98 Å². The van der Waals surface area contributed by atoms with Crippen molar-refractivity contribution >= 4 is 47.2 Å². The second kappa shape index (κ2) is 29.2. The van der Waals surface area contributed by atoms with Crippen molar-refractivity contribution < 1.29 is 38.2 Å².